The minimum absolute atomic E-state index is 0.0416. The van der Waals surface area contributed by atoms with Crippen LogP contribution in [0.3, 0.4) is 0 Å². The topological polar surface area (TPSA) is 51.1 Å². The number of halogens is 1. The van der Waals surface area contributed by atoms with E-state index in [4.69, 9.17) is 4.74 Å². The van der Waals surface area contributed by atoms with Gasteiger partial charge in [-0.3, -0.25) is 4.98 Å². The molecule has 0 radical (unpaired) electrons. The number of rotatable bonds is 2. The fourth-order valence-electron chi connectivity index (χ4n) is 3.25. The standard InChI is InChI=1S/C19H19FN4O/c1-12-10-24(11-13(2)25-12)19-15(20)4-6-18(23-19)17-5-3-14-9-21-8-7-16(14)22-17/h3-9,12-13H,10-11H2,1-2H3/t12-,13+. The van der Waals surface area contributed by atoms with Crippen LogP contribution in [0, 0.1) is 5.82 Å². The summed E-state index contributed by atoms with van der Waals surface area (Å²) >= 11 is 0. The molecule has 4 rings (SSSR count). The maximum absolute atomic E-state index is 14.4. The number of hydrogen-bond acceptors (Lipinski definition) is 5. The monoisotopic (exact) mass is 338 g/mol. The Bertz CT molecular complexity index is 907. The van der Waals surface area contributed by atoms with Crippen molar-refractivity contribution in [3.63, 3.8) is 0 Å². The zero-order valence-corrected chi connectivity index (χ0v) is 14.2. The molecule has 1 aliphatic rings. The molecule has 0 unspecified atom stereocenters. The molecule has 25 heavy (non-hydrogen) atoms. The molecule has 0 spiro atoms. The molecule has 1 fully saturated rings. The zero-order valence-electron chi connectivity index (χ0n) is 14.2. The zero-order chi connectivity index (χ0) is 17.4. The van der Waals surface area contributed by atoms with Gasteiger partial charge in [-0.05, 0) is 44.2 Å². The van der Waals surface area contributed by atoms with Crippen LogP contribution in [-0.2, 0) is 4.74 Å². The second kappa shape index (κ2) is 6.37. The van der Waals surface area contributed by atoms with Gasteiger partial charge in [-0.2, -0.15) is 0 Å². The highest BCUT2D eigenvalue weighted by atomic mass is 19.1. The van der Waals surface area contributed by atoms with E-state index in [1.165, 1.54) is 6.07 Å². The Morgan fingerprint density at radius 3 is 2.52 bits per heavy atom. The summed E-state index contributed by atoms with van der Waals surface area (Å²) in [6.45, 7) is 5.22. The molecule has 1 saturated heterocycles. The number of anilines is 1. The first-order valence-corrected chi connectivity index (χ1v) is 8.38. The number of morpholine rings is 1. The maximum atomic E-state index is 14.4. The molecule has 4 heterocycles. The Morgan fingerprint density at radius 2 is 1.72 bits per heavy atom. The average molecular weight is 338 g/mol. The first-order valence-electron chi connectivity index (χ1n) is 8.38. The Morgan fingerprint density at radius 1 is 1.00 bits per heavy atom. The van der Waals surface area contributed by atoms with Crippen molar-refractivity contribution < 1.29 is 9.13 Å². The molecule has 0 aromatic carbocycles. The van der Waals surface area contributed by atoms with E-state index in [0.29, 0.717) is 30.3 Å². The lowest BCUT2D eigenvalue weighted by atomic mass is 10.2. The van der Waals surface area contributed by atoms with E-state index in [0.717, 1.165) is 10.9 Å². The molecule has 0 amide bonds. The van der Waals surface area contributed by atoms with Crippen LogP contribution >= 0.6 is 0 Å². The van der Waals surface area contributed by atoms with Gasteiger partial charge in [0, 0.05) is 30.9 Å². The molecule has 0 aliphatic carbocycles. The average Bonchev–Trinajstić information content (AvgIpc) is 2.61. The van der Waals surface area contributed by atoms with Gasteiger partial charge >= 0.3 is 0 Å². The highest BCUT2D eigenvalue weighted by molar-refractivity contribution is 5.80. The maximum Gasteiger partial charge on any atom is 0.165 e. The van der Waals surface area contributed by atoms with E-state index in [1.807, 2.05) is 36.9 Å². The van der Waals surface area contributed by atoms with Gasteiger partial charge < -0.3 is 9.64 Å². The number of aromatic nitrogens is 3. The molecular weight excluding hydrogens is 319 g/mol. The SMILES string of the molecule is C[C@@H]1CN(c2nc(-c3ccc4cnccc4n3)ccc2F)C[C@H](C)O1. The second-order valence-electron chi connectivity index (χ2n) is 6.43. The largest absolute Gasteiger partial charge is 0.372 e. The summed E-state index contributed by atoms with van der Waals surface area (Å²) in [5, 5.41) is 0.962. The minimum Gasteiger partial charge on any atom is -0.372 e. The van der Waals surface area contributed by atoms with Crippen molar-refractivity contribution >= 4 is 16.7 Å². The van der Waals surface area contributed by atoms with Gasteiger partial charge in [-0.15, -0.1) is 0 Å². The third-order valence-corrected chi connectivity index (χ3v) is 4.30. The number of ether oxygens (including phenoxy) is 1. The van der Waals surface area contributed by atoms with Crippen molar-refractivity contribution in [3.05, 3.63) is 48.5 Å². The summed E-state index contributed by atoms with van der Waals surface area (Å²) in [6.07, 6.45) is 3.56. The van der Waals surface area contributed by atoms with Crippen molar-refractivity contribution in [3.8, 4) is 11.4 Å². The predicted octanol–water partition coefficient (Wildman–Crippen LogP) is 3.44. The summed E-state index contributed by atoms with van der Waals surface area (Å²) in [7, 11) is 0. The summed E-state index contributed by atoms with van der Waals surface area (Å²) in [5.74, 6) is 0.0335. The summed E-state index contributed by atoms with van der Waals surface area (Å²) in [6, 6.07) is 8.82. The van der Waals surface area contributed by atoms with E-state index < -0.39 is 0 Å². The van der Waals surface area contributed by atoms with Gasteiger partial charge in [0.1, 0.15) is 0 Å². The molecule has 0 saturated carbocycles. The van der Waals surface area contributed by atoms with Crippen LogP contribution in [0.4, 0.5) is 10.2 Å². The highest BCUT2D eigenvalue weighted by Crippen LogP contribution is 2.26. The van der Waals surface area contributed by atoms with Crippen molar-refractivity contribution in [1.29, 1.82) is 0 Å². The van der Waals surface area contributed by atoms with Gasteiger partial charge in [-0.25, -0.2) is 14.4 Å². The molecule has 3 aromatic rings. The number of hydrogen-bond donors (Lipinski definition) is 0. The third-order valence-electron chi connectivity index (χ3n) is 4.30. The first kappa shape index (κ1) is 15.9. The van der Waals surface area contributed by atoms with E-state index in [1.54, 1.807) is 18.5 Å². The van der Waals surface area contributed by atoms with Crippen molar-refractivity contribution in [2.75, 3.05) is 18.0 Å². The molecule has 5 nitrogen and oxygen atoms in total. The molecule has 128 valence electrons. The molecule has 0 bridgehead atoms. The number of nitrogens with zero attached hydrogens (tertiary/aromatic N) is 4. The molecule has 6 heteroatoms. The third kappa shape index (κ3) is 3.17. The van der Waals surface area contributed by atoms with Crippen molar-refractivity contribution in [2.45, 2.75) is 26.1 Å². The Balaban J connectivity index is 1.73. The van der Waals surface area contributed by atoms with Crippen LogP contribution in [0.25, 0.3) is 22.3 Å². The van der Waals surface area contributed by atoms with Gasteiger partial charge in [0.15, 0.2) is 11.6 Å². The van der Waals surface area contributed by atoms with Crippen LogP contribution in [0.2, 0.25) is 0 Å². The van der Waals surface area contributed by atoms with Crippen LogP contribution < -0.4 is 4.90 Å². The van der Waals surface area contributed by atoms with Gasteiger partial charge in [0.25, 0.3) is 0 Å². The summed E-state index contributed by atoms with van der Waals surface area (Å²) in [5.41, 5.74) is 2.21. The van der Waals surface area contributed by atoms with Gasteiger partial charge in [0.05, 0.1) is 29.1 Å². The Hall–Kier alpha value is -2.60. The Kier molecular flexibility index (Phi) is 4.05. The lowest BCUT2D eigenvalue weighted by Gasteiger charge is -2.36. The Labute approximate surface area is 145 Å². The fraction of sp³-hybridized carbons (Fsp3) is 0.316. The normalized spacial score (nSPS) is 20.8. The summed E-state index contributed by atoms with van der Waals surface area (Å²) in [4.78, 5) is 15.2. The van der Waals surface area contributed by atoms with E-state index in [-0.39, 0.29) is 18.0 Å². The van der Waals surface area contributed by atoms with Crippen LogP contribution in [0.5, 0.6) is 0 Å². The van der Waals surface area contributed by atoms with E-state index in [9.17, 15) is 4.39 Å². The fourth-order valence-corrected chi connectivity index (χ4v) is 3.25. The second-order valence-corrected chi connectivity index (χ2v) is 6.43. The number of pyridine rings is 3. The van der Waals surface area contributed by atoms with E-state index in [2.05, 4.69) is 15.0 Å². The molecule has 1 aliphatic heterocycles. The molecule has 3 aromatic heterocycles. The lowest BCUT2D eigenvalue weighted by Crippen LogP contribution is -2.46. The van der Waals surface area contributed by atoms with Crippen molar-refractivity contribution in [2.24, 2.45) is 0 Å². The van der Waals surface area contributed by atoms with Crippen LogP contribution in [0.1, 0.15) is 13.8 Å². The van der Waals surface area contributed by atoms with Gasteiger partial charge in [0.2, 0.25) is 0 Å². The van der Waals surface area contributed by atoms with Crippen LogP contribution in [-0.4, -0.2) is 40.2 Å². The smallest absolute Gasteiger partial charge is 0.165 e. The summed E-state index contributed by atoms with van der Waals surface area (Å²) < 4.78 is 20.1. The lowest BCUT2D eigenvalue weighted by molar-refractivity contribution is -0.00564. The molecular formula is C19H19FN4O. The molecule has 2 atom stereocenters. The van der Waals surface area contributed by atoms with Gasteiger partial charge in [-0.1, -0.05) is 0 Å². The predicted molar refractivity (Wildman–Crippen MR) is 94.9 cm³/mol. The number of fused-ring (bicyclic) bond motifs is 1. The molecule has 0 N–H and O–H groups in total. The first-order chi connectivity index (χ1) is 12.1. The minimum atomic E-state index is -0.324. The highest BCUT2D eigenvalue weighted by Gasteiger charge is 2.25. The van der Waals surface area contributed by atoms with Crippen molar-refractivity contribution in [1.82, 2.24) is 15.0 Å². The van der Waals surface area contributed by atoms with Crippen LogP contribution in [0.15, 0.2) is 42.7 Å². The van der Waals surface area contributed by atoms with E-state index >= 15 is 0 Å². The quantitative estimate of drug-likeness (QED) is 0.716.